The fourth-order valence-electron chi connectivity index (χ4n) is 1.51. The predicted octanol–water partition coefficient (Wildman–Crippen LogP) is 3.91. The van der Waals surface area contributed by atoms with E-state index in [1.165, 1.54) is 11.3 Å². The van der Waals surface area contributed by atoms with Gasteiger partial charge in [-0.3, -0.25) is 0 Å². The van der Waals surface area contributed by atoms with Crippen molar-refractivity contribution in [3.8, 4) is 5.75 Å². The summed E-state index contributed by atoms with van der Waals surface area (Å²) in [6.07, 6.45) is 1.69. The van der Waals surface area contributed by atoms with Crippen molar-refractivity contribution in [1.29, 1.82) is 0 Å². The van der Waals surface area contributed by atoms with Crippen molar-refractivity contribution in [2.45, 2.75) is 33.0 Å². The largest absolute Gasteiger partial charge is 0.486 e. The molecule has 0 unspecified atom stereocenters. The standard InChI is InChI=1S/C14H16ClNO2S/c1-9-6-10(4-5-11(9)15)18-8-13-16-7-12(19-13)14(2,3)17/h4-7,17H,8H2,1-3H3. The fraction of sp³-hybridized carbons (Fsp3) is 0.357. The molecule has 1 N–H and O–H groups in total. The number of ether oxygens (including phenoxy) is 1. The molecule has 0 saturated carbocycles. The van der Waals surface area contributed by atoms with E-state index in [4.69, 9.17) is 16.3 Å². The summed E-state index contributed by atoms with van der Waals surface area (Å²) < 4.78 is 5.66. The topological polar surface area (TPSA) is 42.4 Å². The quantitative estimate of drug-likeness (QED) is 0.930. The number of thiazole rings is 1. The minimum absolute atomic E-state index is 0.391. The van der Waals surface area contributed by atoms with Gasteiger partial charge in [0.1, 0.15) is 17.4 Å². The molecule has 2 rings (SSSR count). The first-order chi connectivity index (χ1) is 8.86. The van der Waals surface area contributed by atoms with Crippen LogP contribution in [0.5, 0.6) is 5.75 Å². The summed E-state index contributed by atoms with van der Waals surface area (Å²) >= 11 is 7.41. The lowest BCUT2D eigenvalue weighted by molar-refractivity contribution is 0.0823. The summed E-state index contributed by atoms with van der Waals surface area (Å²) in [5.41, 5.74) is 0.128. The highest BCUT2D eigenvalue weighted by atomic mass is 35.5. The van der Waals surface area contributed by atoms with Crippen LogP contribution in [-0.4, -0.2) is 10.1 Å². The first-order valence-electron chi connectivity index (χ1n) is 5.93. The van der Waals surface area contributed by atoms with Gasteiger partial charge in [0.15, 0.2) is 0 Å². The van der Waals surface area contributed by atoms with Gasteiger partial charge in [0.25, 0.3) is 0 Å². The molecule has 0 saturated heterocycles. The summed E-state index contributed by atoms with van der Waals surface area (Å²) in [7, 11) is 0. The zero-order valence-corrected chi connectivity index (χ0v) is 12.7. The molecule has 0 aliphatic carbocycles. The summed E-state index contributed by atoms with van der Waals surface area (Å²) in [5.74, 6) is 0.766. The number of rotatable bonds is 4. The van der Waals surface area contributed by atoms with Gasteiger partial charge >= 0.3 is 0 Å². The number of hydrogen-bond donors (Lipinski definition) is 1. The van der Waals surface area contributed by atoms with E-state index in [1.54, 1.807) is 20.0 Å². The number of aromatic nitrogens is 1. The lowest BCUT2D eigenvalue weighted by Gasteiger charge is -2.13. The van der Waals surface area contributed by atoms with Crippen molar-refractivity contribution >= 4 is 22.9 Å². The van der Waals surface area contributed by atoms with Crippen LogP contribution in [-0.2, 0) is 12.2 Å². The van der Waals surface area contributed by atoms with Crippen molar-refractivity contribution < 1.29 is 9.84 Å². The van der Waals surface area contributed by atoms with Gasteiger partial charge in [-0.05, 0) is 44.5 Å². The van der Waals surface area contributed by atoms with Crippen molar-refractivity contribution in [2.75, 3.05) is 0 Å². The van der Waals surface area contributed by atoms with E-state index >= 15 is 0 Å². The molecule has 19 heavy (non-hydrogen) atoms. The van der Waals surface area contributed by atoms with Crippen LogP contribution in [0.25, 0.3) is 0 Å². The first-order valence-corrected chi connectivity index (χ1v) is 7.12. The van der Waals surface area contributed by atoms with Crippen LogP contribution in [0.4, 0.5) is 0 Å². The minimum atomic E-state index is -0.854. The minimum Gasteiger partial charge on any atom is -0.486 e. The molecule has 0 aliphatic rings. The van der Waals surface area contributed by atoms with Crippen molar-refractivity contribution in [1.82, 2.24) is 4.98 Å². The van der Waals surface area contributed by atoms with E-state index in [0.717, 1.165) is 26.2 Å². The van der Waals surface area contributed by atoms with Crippen LogP contribution in [0, 0.1) is 6.92 Å². The molecular formula is C14H16ClNO2S. The lowest BCUT2D eigenvalue weighted by Crippen LogP contribution is -2.12. The van der Waals surface area contributed by atoms with Crippen LogP contribution >= 0.6 is 22.9 Å². The Bertz CT molecular complexity index is 575. The summed E-state index contributed by atoms with van der Waals surface area (Å²) in [6.45, 7) is 5.81. The van der Waals surface area contributed by atoms with Gasteiger partial charge in [0, 0.05) is 11.2 Å². The van der Waals surface area contributed by atoms with E-state index in [9.17, 15) is 5.11 Å². The van der Waals surface area contributed by atoms with Crippen LogP contribution in [0.2, 0.25) is 5.02 Å². The van der Waals surface area contributed by atoms with Gasteiger partial charge in [-0.2, -0.15) is 0 Å². The van der Waals surface area contributed by atoms with Gasteiger partial charge in [0.05, 0.1) is 10.5 Å². The van der Waals surface area contributed by atoms with Crippen LogP contribution in [0.3, 0.4) is 0 Å². The maximum absolute atomic E-state index is 9.87. The van der Waals surface area contributed by atoms with E-state index in [-0.39, 0.29) is 0 Å². The Morgan fingerprint density at radius 2 is 2.16 bits per heavy atom. The monoisotopic (exact) mass is 297 g/mol. The van der Waals surface area contributed by atoms with Crippen molar-refractivity contribution in [3.63, 3.8) is 0 Å². The smallest absolute Gasteiger partial charge is 0.140 e. The highest BCUT2D eigenvalue weighted by Crippen LogP contribution is 2.27. The van der Waals surface area contributed by atoms with Crippen molar-refractivity contribution in [2.24, 2.45) is 0 Å². The molecule has 0 spiro atoms. The normalized spacial score (nSPS) is 11.6. The Morgan fingerprint density at radius 1 is 1.42 bits per heavy atom. The molecule has 102 valence electrons. The van der Waals surface area contributed by atoms with E-state index < -0.39 is 5.60 Å². The Balaban J connectivity index is 2.02. The average Bonchev–Trinajstić information content (AvgIpc) is 2.79. The Labute approximate surface area is 121 Å². The molecule has 3 nitrogen and oxygen atoms in total. The lowest BCUT2D eigenvalue weighted by atomic mass is 10.1. The molecule has 0 amide bonds. The van der Waals surface area contributed by atoms with E-state index in [1.807, 2.05) is 25.1 Å². The summed E-state index contributed by atoms with van der Waals surface area (Å²) in [5, 5.41) is 11.4. The highest BCUT2D eigenvalue weighted by molar-refractivity contribution is 7.11. The summed E-state index contributed by atoms with van der Waals surface area (Å²) in [4.78, 5) is 5.08. The van der Waals surface area contributed by atoms with Crippen molar-refractivity contribution in [3.05, 3.63) is 44.9 Å². The zero-order valence-electron chi connectivity index (χ0n) is 11.1. The Kier molecular flexibility index (Phi) is 4.13. The molecule has 1 aromatic carbocycles. The first kappa shape index (κ1) is 14.3. The molecule has 1 heterocycles. The number of hydrogen-bond acceptors (Lipinski definition) is 4. The van der Waals surface area contributed by atoms with Crippen LogP contribution in [0.15, 0.2) is 24.4 Å². The second kappa shape index (κ2) is 5.49. The molecule has 0 atom stereocenters. The molecule has 0 fully saturated rings. The van der Waals surface area contributed by atoms with Gasteiger partial charge < -0.3 is 9.84 Å². The SMILES string of the molecule is Cc1cc(OCc2ncc(C(C)(C)O)s2)ccc1Cl. The maximum atomic E-state index is 9.87. The van der Waals surface area contributed by atoms with Gasteiger partial charge in [0.2, 0.25) is 0 Å². The Hall–Kier alpha value is -1.10. The molecule has 5 heteroatoms. The fourth-order valence-corrected chi connectivity index (χ4v) is 2.46. The maximum Gasteiger partial charge on any atom is 0.140 e. The average molecular weight is 298 g/mol. The van der Waals surface area contributed by atoms with E-state index in [0.29, 0.717) is 6.61 Å². The second-order valence-corrected chi connectivity index (χ2v) is 6.40. The second-order valence-electron chi connectivity index (χ2n) is 4.88. The molecule has 0 aliphatic heterocycles. The third-order valence-corrected chi connectivity index (χ3v) is 4.36. The summed E-state index contributed by atoms with van der Waals surface area (Å²) in [6, 6.07) is 5.54. The van der Waals surface area contributed by atoms with Crippen LogP contribution < -0.4 is 4.74 Å². The number of aliphatic hydroxyl groups is 1. The number of aryl methyl sites for hydroxylation is 1. The van der Waals surface area contributed by atoms with Gasteiger partial charge in [-0.25, -0.2) is 4.98 Å². The zero-order chi connectivity index (χ0) is 14.0. The molecule has 0 radical (unpaired) electrons. The van der Waals surface area contributed by atoms with Gasteiger partial charge in [-0.15, -0.1) is 11.3 Å². The predicted molar refractivity (Wildman–Crippen MR) is 77.9 cm³/mol. The van der Waals surface area contributed by atoms with E-state index in [2.05, 4.69) is 4.98 Å². The Morgan fingerprint density at radius 3 is 2.74 bits per heavy atom. The highest BCUT2D eigenvalue weighted by Gasteiger charge is 2.19. The third-order valence-electron chi connectivity index (χ3n) is 2.65. The molecule has 1 aromatic heterocycles. The number of nitrogens with zero attached hydrogens (tertiary/aromatic N) is 1. The number of benzene rings is 1. The number of halogens is 1. The molecule has 2 aromatic rings. The third kappa shape index (κ3) is 3.69. The molecule has 0 bridgehead atoms. The van der Waals surface area contributed by atoms with Gasteiger partial charge in [-0.1, -0.05) is 11.6 Å². The molecular weight excluding hydrogens is 282 g/mol. The van der Waals surface area contributed by atoms with Crippen LogP contribution in [0.1, 0.15) is 29.3 Å².